The highest BCUT2D eigenvalue weighted by atomic mass is 16.5. The fourth-order valence-corrected chi connectivity index (χ4v) is 3.75. The van der Waals surface area contributed by atoms with Crippen LogP contribution in [-0.2, 0) is 6.54 Å². The van der Waals surface area contributed by atoms with E-state index in [4.69, 9.17) is 9.26 Å². The van der Waals surface area contributed by atoms with Gasteiger partial charge in [0.05, 0.1) is 5.39 Å². The summed E-state index contributed by atoms with van der Waals surface area (Å²) in [5.74, 6) is 0.620. The van der Waals surface area contributed by atoms with Gasteiger partial charge in [0.15, 0.2) is 5.58 Å². The summed E-state index contributed by atoms with van der Waals surface area (Å²) >= 11 is 0. The summed E-state index contributed by atoms with van der Waals surface area (Å²) < 4.78 is 11.4. The maximum Gasteiger partial charge on any atom is 0.262 e. The van der Waals surface area contributed by atoms with Gasteiger partial charge in [0.1, 0.15) is 6.10 Å². The number of hydrogen-bond donors (Lipinski definition) is 1. The van der Waals surface area contributed by atoms with Gasteiger partial charge in [0.25, 0.3) is 5.88 Å². The van der Waals surface area contributed by atoms with Gasteiger partial charge in [-0.25, -0.2) is 0 Å². The van der Waals surface area contributed by atoms with E-state index in [9.17, 15) is 0 Å². The van der Waals surface area contributed by atoms with Gasteiger partial charge < -0.3 is 14.2 Å². The van der Waals surface area contributed by atoms with Crippen LogP contribution in [0.15, 0.2) is 59.1 Å². The lowest BCUT2D eigenvalue weighted by Gasteiger charge is -2.31. The molecule has 3 heterocycles. The lowest BCUT2D eigenvalue weighted by molar-refractivity contribution is 0.0906. The number of para-hydroxylation sites is 2. The maximum absolute atomic E-state index is 6.12. The first kappa shape index (κ1) is 15.5. The van der Waals surface area contributed by atoms with Gasteiger partial charge >= 0.3 is 0 Å². The number of hydrogen-bond acceptors (Lipinski definition) is 4. The van der Waals surface area contributed by atoms with Crippen molar-refractivity contribution in [2.75, 3.05) is 13.1 Å². The third kappa shape index (κ3) is 2.95. The van der Waals surface area contributed by atoms with Gasteiger partial charge in [-0.15, -0.1) is 0 Å². The molecule has 132 valence electrons. The molecule has 26 heavy (non-hydrogen) atoms. The molecule has 2 aromatic heterocycles. The second kappa shape index (κ2) is 6.50. The second-order valence-corrected chi connectivity index (χ2v) is 6.96. The summed E-state index contributed by atoms with van der Waals surface area (Å²) in [6.07, 6.45) is 2.20. The first-order valence-electron chi connectivity index (χ1n) is 9.15. The molecule has 0 unspecified atom stereocenters. The minimum atomic E-state index is 0.197. The molecular formula is C21H21N3O2. The summed E-state index contributed by atoms with van der Waals surface area (Å²) in [7, 11) is 0. The summed E-state index contributed by atoms with van der Waals surface area (Å²) in [6, 6.07) is 18.5. The molecule has 1 aliphatic heterocycles. The molecule has 0 saturated carbocycles. The van der Waals surface area contributed by atoms with Crippen LogP contribution in [0.5, 0.6) is 5.88 Å². The molecule has 0 atom stereocenters. The normalized spacial score (nSPS) is 16.5. The average Bonchev–Trinajstić information content (AvgIpc) is 3.27. The molecule has 1 N–H and O–H groups in total. The Morgan fingerprint density at radius 2 is 1.88 bits per heavy atom. The third-order valence-electron chi connectivity index (χ3n) is 5.14. The van der Waals surface area contributed by atoms with E-state index < -0.39 is 0 Å². The Morgan fingerprint density at radius 3 is 2.77 bits per heavy atom. The number of ether oxygens (including phenoxy) is 1. The van der Waals surface area contributed by atoms with E-state index in [1.807, 2.05) is 24.3 Å². The van der Waals surface area contributed by atoms with Gasteiger partial charge in [0, 0.05) is 30.8 Å². The number of rotatable bonds is 4. The molecule has 5 nitrogen and oxygen atoms in total. The average molecular weight is 347 g/mol. The molecule has 1 aliphatic rings. The molecule has 4 aromatic rings. The van der Waals surface area contributed by atoms with Crippen molar-refractivity contribution < 1.29 is 9.26 Å². The van der Waals surface area contributed by atoms with E-state index >= 15 is 0 Å². The highest BCUT2D eigenvalue weighted by Gasteiger charge is 2.23. The number of aromatic amines is 1. The standard InChI is InChI=1S/C21H21N3O2/c1-3-7-19-15(5-1)13-16(22-19)14-24-11-9-17(10-12-24)25-21-18-6-2-4-8-20(18)26-23-21/h1-8,13,17,22H,9-12,14H2. The zero-order valence-corrected chi connectivity index (χ0v) is 14.5. The predicted octanol–water partition coefficient (Wildman–Crippen LogP) is 4.35. The highest BCUT2D eigenvalue weighted by molar-refractivity contribution is 5.82. The number of fused-ring (bicyclic) bond motifs is 2. The van der Waals surface area contributed by atoms with Crippen LogP contribution in [0.3, 0.4) is 0 Å². The molecule has 0 radical (unpaired) electrons. The number of nitrogens with one attached hydrogen (secondary N) is 1. The number of likely N-dealkylation sites (tertiary alicyclic amines) is 1. The molecule has 2 aromatic carbocycles. The largest absolute Gasteiger partial charge is 0.472 e. The van der Waals surface area contributed by atoms with Crippen molar-refractivity contribution in [2.45, 2.75) is 25.5 Å². The van der Waals surface area contributed by atoms with Crippen molar-refractivity contribution in [1.29, 1.82) is 0 Å². The summed E-state index contributed by atoms with van der Waals surface area (Å²) in [5.41, 5.74) is 3.26. The Kier molecular flexibility index (Phi) is 3.87. The van der Waals surface area contributed by atoms with E-state index in [2.05, 4.69) is 45.4 Å². The molecule has 1 fully saturated rings. The first-order valence-corrected chi connectivity index (χ1v) is 9.15. The summed E-state index contributed by atoms with van der Waals surface area (Å²) in [4.78, 5) is 5.99. The van der Waals surface area contributed by atoms with Crippen LogP contribution < -0.4 is 4.74 Å². The summed E-state index contributed by atoms with van der Waals surface area (Å²) in [6.45, 7) is 3.00. The zero-order valence-electron chi connectivity index (χ0n) is 14.5. The SMILES string of the molecule is c1ccc2[nH]c(CN3CCC(Oc4noc5ccccc45)CC3)cc2c1. The van der Waals surface area contributed by atoms with Gasteiger partial charge in [-0.2, -0.15) is 0 Å². The van der Waals surface area contributed by atoms with Crippen LogP contribution in [-0.4, -0.2) is 34.2 Å². The number of benzene rings is 2. The monoisotopic (exact) mass is 347 g/mol. The van der Waals surface area contributed by atoms with Gasteiger partial charge in [-0.05, 0) is 47.6 Å². The first-order chi connectivity index (χ1) is 12.8. The molecule has 0 amide bonds. The third-order valence-corrected chi connectivity index (χ3v) is 5.14. The fraction of sp³-hybridized carbons (Fsp3) is 0.286. The van der Waals surface area contributed by atoms with Crippen molar-refractivity contribution in [3.8, 4) is 5.88 Å². The summed E-state index contributed by atoms with van der Waals surface area (Å²) in [5, 5.41) is 6.31. The predicted molar refractivity (Wildman–Crippen MR) is 101 cm³/mol. The van der Waals surface area contributed by atoms with Crippen LogP contribution in [0, 0.1) is 0 Å². The van der Waals surface area contributed by atoms with E-state index in [0.29, 0.717) is 5.88 Å². The Bertz CT molecular complexity index is 995. The highest BCUT2D eigenvalue weighted by Crippen LogP contribution is 2.27. The van der Waals surface area contributed by atoms with Crippen molar-refractivity contribution in [3.63, 3.8) is 0 Å². The minimum absolute atomic E-state index is 0.197. The molecule has 0 spiro atoms. The van der Waals surface area contributed by atoms with Gasteiger partial charge in [-0.3, -0.25) is 4.90 Å². The van der Waals surface area contributed by atoms with Crippen molar-refractivity contribution in [3.05, 3.63) is 60.3 Å². The molecular weight excluding hydrogens is 326 g/mol. The van der Waals surface area contributed by atoms with Crippen molar-refractivity contribution in [2.24, 2.45) is 0 Å². The molecule has 5 rings (SSSR count). The van der Waals surface area contributed by atoms with E-state index in [1.54, 1.807) is 0 Å². The van der Waals surface area contributed by atoms with E-state index in [1.165, 1.54) is 16.6 Å². The minimum Gasteiger partial charge on any atom is -0.472 e. The molecule has 5 heteroatoms. The van der Waals surface area contributed by atoms with Crippen LogP contribution in [0.1, 0.15) is 18.5 Å². The quantitative estimate of drug-likeness (QED) is 0.596. The number of H-pyrrole nitrogens is 1. The number of piperidine rings is 1. The van der Waals surface area contributed by atoms with E-state index in [0.717, 1.165) is 43.4 Å². The smallest absolute Gasteiger partial charge is 0.262 e. The van der Waals surface area contributed by atoms with Crippen LogP contribution in [0.25, 0.3) is 21.9 Å². The van der Waals surface area contributed by atoms with Gasteiger partial charge in [0.2, 0.25) is 0 Å². The molecule has 0 aliphatic carbocycles. The maximum atomic E-state index is 6.12. The van der Waals surface area contributed by atoms with Gasteiger partial charge in [-0.1, -0.05) is 30.3 Å². The van der Waals surface area contributed by atoms with Crippen LogP contribution in [0.4, 0.5) is 0 Å². The second-order valence-electron chi connectivity index (χ2n) is 6.96. The zero-order chi connectivity index (χ0) is 17.3. The number of aromatic nitrogens is 2. The fourth-order valence-electron chi connectivity index (χ4n) is 3.75. The number of nitrogens with zero attached hydrogens (tertiary/aromatic N) is 2. The topological polar surface area (TPSA) is 54.3 Å². The van der Waals surface area contributed by atoms with Crippen LogP contribution >= 0.6 is 0 Å². The molecule has 1 saturated heterocycles. The van der Waals surface area contributed by atoms with Crippen molar-refractivity contribution >= 4 is 21.9 Å². The van der Waals surface area contributed by atoms with Crippen LogP contribution in [0.2, 0.25) is 0 Å². The molecule has 0 bridgehead atoms. The van der Waals surface area contributed by atoms with E-state index in [-0.39, 0.29) is 6.10 Å². The Labute approximate surface area is 151 Å². The Hall–Kier alpha value is -2.79. The Morgan fingerprint density at radius 1 is 1.08 bits per heavy atom. The lowest BCUT2D eigenvalue weighted by Crippen LogP contribution is -2.37. The van der Waals surface area contributed by atoms with Crippen molar-refractivity contribution in [1.82, 2.24) is 15.0 Å². The Balaban J connectivity index is 1.21. The lowest BCUT2D eigenvalue weighted by atomic mass is 10.1.